The van der Waals surface area contributed by atoms with Gasteiger partial charge in [-0.3, -0.25) is 4.79 Å². The summed E-state index contributed by atoms with van der Waals surface area (Å²) in [6.07, 6.45) is -0.634. The van der Waals surface area contributed by atoms with Gasteiger partial charge >= 0.3 is 5.97 Å². The molecule has 0 radical (unpaired) electrons. The maximum atomic E-state index is 11.0. The monoisotopic (exact) mass is 232 g/mol. The molecule has 0 aliphatic carbocycles. The van der Waals surface area contributed by atoms with Gasteiger partial charge in [-0.15, -0.1) is 0 Å². The molecule has 0 amide bonds. The fourth-order valence-corrected chi connectivity index (χ4v) is 0.903. The normalized spacial score (nSPS) is 9.88. The third kappa shape index (κ3) is 8.61. The van der Waals surface area contributed by atoms with Gasteiger partial charge in [0.2, 0.25) is 0 Å². The molecule has 0 fully saturated rings. The van der Waals surface area contributed by atoms with E-state index >= 15 is 0 Å². The van der Waals surface area contributed by atoms with Crippen LogP contribution in [-0.4, -0.2) is 17.2 Å². The number of nitriles is 2. The van der Waals surface area contributed by atoms with Crippen LogP contribution in [0.15, 0.2) is 30.3 Å². The number of carbonyl (C=O) groups excluding carboxylic acids is 1. The first-order chi connectivity index (χ1) is 8.10. The molecule has 0 saturated carbocycles. The van der Waals surface area contributed by atoms with E-state index in [1.54, 1.807) is 31.2 Å². The molecule has 0 bridgehead atoms. The molecular weight excluding hydrogens is 220 g/mol. The third-order valence-corrected chi connectivity index (χ3v) is 1.49. The Kier molecular flexibility index (Phi) is 7.66. The van der Waals surface area contributed by atoms with Gasteiger partial charge < -0.3 is 9.84 Å². The highest BCUT2D eigenvalue weighted by Gasteiger charge is 2.07. The summed E-state index contributed by atoms with van der Waals surface area (Å²) in [4.78, 5) is 11.0. The average molecular weight is 232 g/mol. The molecule has 0 spiro atoms. The van der Waals surface area contributed by atoms with Gasteiger partial charge in [-0.05, 0) is 19.1 Å². The highest BCUT2D eigenvalue weighted by molar-refractivity contribution is 5.72. The van der Waals surface area contributed by atoms with Crippen molar-refractivity contribution in [1.82, 2.24) is 0 Å². The van der Waals surface area contributed by atoms with Crippen molar-refractivity contribution in [3.8, 4) is 17.9 Å². The third-order valence-electron chi connectivity index (χ3n) is 1.49. The SMILES string of the molecule is CC(O)CC(=O)Oc1ccccc1.N#CC#N. The molecule has 5 nitrogen and oxygen atoms in total. The van der Waals surface area contributed by atoms with Crippen molar-refractivity contribution < 1.29 is 14.6 Å². The van der Waals surface area contributed by atoms with Gasteiger partial charge in [0.05, 0.1) is 12.5 Å². The van der Waals surface area contributed by atoms with Crippen LogP contribution in [0, 0.1) is 22.7 Å². The van der Waals surface area contributed by atoms with E-state index in [4.69, 9.17) is 20.4 Å². The van der Waals surface area contributed by atoms with Crippen LogP contribution in [0.25, 0.3) is 0 Å². The maximum Gasteiger partial charge on any atom is 0.313 e. The second-order valence-corrected chi connectivity index (χ2v) is 3.06. The van der Waals surface area contributed by atoms with Gasteiger partial charge in [-0.1, -0.05) is 18.2 Å². The number of hydrogen-bond acceptors (Lipinski definition) is 5. The van der Waals surface area contributed by atoms with Crippen LogP contribution in [-0.2, 0) is 4.79 Å². The van der Waals surface area contributed by atoms with E-state index in [0.29, 0.717) is 5.75 Å². The Balaban J connectivity index is 0.000000557. The number of rotatable bonds is 3. The zero-order valence-corrected chi connectivity index (χ0v) is 9.33. The quantitative estimate of drug-likeness (QED) is 0.627. The fourth-order valence-electron chi connectivity index (χ4n) is 0.903. The molecule has 88 valence electrons. The van der Waals surface area contributed by atoms with E-state index < -0.39 is 12.1 Å². The molecule has 17 heavy (non-hydrogen) atoms. The summed E-state index contributed by atoms with van der Waals surface area (Å²) in [5.41, 5.74) is 0. The van der Waals surface area contributed by atoms with Gasteiger partial charge in [0, 0.05) is 0 Å². The summed E-state index contributed by atoms with van der Waals surface area (Å²) in [5, 5.41) is 23.4. The molecule has 0 aliphatic heterocycles. The predicted octanol–water partition coefficient (Wildman–Crippen LogP) is 1.40. The summed E-state index contributed by atoms with van der Waals surface area (Å²) < 4.78 is 4.93. The Bertz CT molecular complexity index is 404. The number of benzene rings is 1. The first kappa shape index (κ1) is 14.6. The van der Waals surface area contributed by atoms with Crippen molar-refractivity contribution in [3.05, 3.63) is 30.3 Å². The number of ether oxygens (including phenoxy) is 1. The minimum Gasteiger partial charge on any atom is -0.426 e. The minimum atomic E-state index is -0.656. The molecular formula is C12H12N2O3. The molecule has 0 heterocycles. The number of esters is 1. The van der Waals surface area contributed by atoms with Crippen molar-refractivity contribution in [3.63, 3.8) is 0 Å². The van der Waals surface area contributed by atoms with E-state index in [9.17, 15) is 4.79 Å². The molecule has 0 aromatic heterocycles. The number of aliphatic hydroxyl groups excluding tert-OH is 1. The lowest BCUT2D eigenvalue weighted by Crippen LogP contribution is -2.14. The van der Waals surface area contributed by atoms with E-state index in [-0.39, 0.29) is 6.42 Å². The Morgan fingerprint density at radius 1 is 1.35 bits per heavy atom. The molecule has 0 saturated heterocycles. The smallest absolute Gasteiger partial charge is 0.313 e. The van der Waals surface area contributed by atoms with Crippen molar-refractivity contribution in [2.45, 2.75) is 19.4 Å². The number of carbonyl (C=O) groups is 1. The zero-order chi connectivity index (χ0) is 13.1. The Morgan fingerprint density at radius 3 is 2.29 bits per heavy atom. The molecule has 1 aromatic carbocycles. The van der Waals surface area contributed by atoms with Gasteiger partial charge in [0.15, 0.2) is 12.1 Å². The highest BCUT2D eigenvalue weighted by atomic mass is 16.5. The Labute approximate surface area is 99.5 Å². The highest BCUT2D eigenvalue weighted by Crippen LogP contribution is 2.09. The summed E-state index contributed by atoms with van der Waals surface area (Å²) >= 11 is 0. The van der Waals surface area contributed by atoms with Gasteiger partial charge in [-0.2, -0.15) is 10.5 Å². The van der Waals surface area contributed by atoms with E-state index in [2.05, 4.69) is 0 Å². The number of hydrogen-bond donors (Lipinski definition) is 1. The Hall–Kier alpha value is -2.37. The molecule has 1 atom stereocenters. The van der Waals surface area contributed by atoms with Gasteiger partial charge in [-0.25, -0.2) is 0 Å². The number of nitrogens with zero attached hydrogens (tertiary/aromatic N) is 2. The molecule has 1 unspecified atom stereocenters. The maximum absolute atomic E-state index is 11.0. The van der Waals surface area contributed by atoms with Crippen LogP contribution >= 0.6 is 0 Å². The van der Waals surface area contributed by atoms with Crippen molar-refractivity contribution >= 4 is 5.97 Å². The lowest BCUT2D eigenvalue weighted by molar-refractivity contribution is -0.136. The first-order valence-corrected chi connectivity index (χ1v) is 4.82. The van der Waals surface area contributed by atoms with Crippen LogP contribution in [0.3, 0.4) is 0 Å². The summed E-state index contributed by atoms with van der Waals surface area (Å²) in [6.45, 7) is 1.55. The second kappa shape index (κ2) is 8.90. The van der Waals surface area contributed by atoms with Crippen molar-refractivity contribution in [2.75, 3.05) is 0 Å². The summed E-state index contributed by atoms with van der Waals surface area (Å²) in [5.74, 6) is 0.0920. The minimum absolute atomic E-state index is 0.0227. The van der Waals surface area contributed by atoms with Gasteiger partial charge in [0.25, 0.3) is 0 Å². The largest absolute Gasteiger partial charge is 0.426 e. The lowest BCUT2D eigenvalue weighted by Gasteiger charge is -2.04. The van der Waals surface area contributed by atoms with Crippen LogP contribution in [0.5, 0.6) is 5.75 Å². The zero-order valence-electron chi connectivity index (χ0n) is 9.33. The van der Waals surface area contributed by atoms with Crippen molar-refractivity contribution in [1.29, 1.82) is 10.5 Å². The topological polar surface area (TPSA) is 94.1 Å². The van der Waals surface area contributed by atoms with Crippen LogP contribution in [0.4, 0.5) is 0 Å². The summed E-state index contributed by atoms with van der Waals surface area (Å²) in [6, 6.07) is 11.3. The second-order valence-electron chi connectivity index (χ2n) is 3.06. The fraction of sp³-hybridized carbons (Fsp3) is 0.250. The van der Waals surface area contributed by atoms with Gasteiger partial charge in [0.1, 0.15) is 5.75 Å². The summed E-state index contributed by atoms with van der Waals surface area (Å²) in [7, 11) is 0. The molecule has 1 aromatic rings. The van der Waals surface area contributed by atoms with E-state index in [1.165, 1.54) is 12.1 Å². The Morgan fingerprint density at radius 2 is 1.88 bits per heavy atom. The average Bonchev–Trinajstić information content (AvgIpc) is 2.29. The standard InChI is InChI=1S/C10H12O3.C2N2/c1-8(11)7-10(12)13-9-5-3-2-4-6-9;3-1-2-4/h2-6,8,11H,7H2,1H3;. The molecule has 0 aliphatic rings. The number of para-hydroxylation sites is 1. The number of aliphatic hydroxyl groups is 1. The molecule has 1 N–H and O–H groups in total. The van der Waals surface area contributed by atoms with Crippen LogP contribution in [0.1, 0.15) is 13.3 Å². The van der Waals surface area contributed by atoms with E-state index in [1.807, 2.05) is 6.07 Å². The lowest BCUT2D eigenvalue weighted by atomic mass is 10.3. The van der Waals surface area contributed by atoms with Crippen molar-refractivity contribution in [2.24, 2.45) is 0 Å². The van der Waals surface area contributed by atoms with Crippen LogP contribution < -0.4 is 4.74 Å². The molecule has 1 rings (SSSR count). The van der Waals surface area contributed by atoms with E-state index in [0.717, 1.165) is 0 Å². The van der Waals surface area contributed by atoms with Crippen LogP contribution in [0.2, 0.25) is 0 Å². The molecule has 5 heteroatoms. The predicted molar refractivity (Wildman–Crippen MR) is 59.6 cm³/mol. The first-order valence-electron chi connectivity index (χ1n) is 4.82.